The molecule has 1 aromatic heterocycles. The maximum atomic E-state index is 13.1. The Labute approximate surface area is 167 Å². The van der Waals surface area contributed by atoms with Crippen molar-refractivity contribution in [2.45, 2.75) is 12.5 Å². The van der Waals surface area contributed by atoms with E-state index < -0.39 is 0 Å². The van der Waals surface area contributed by atoms with Gasteiger partial charge in [-0.1, -0.05) is 30.3 Å². The van der Waals surface area contributed by atoms with Crippen molar-refractivity contribution in [2.24, 2.45) is 0 Å². The number of hydrogen-bond donors (Lipinski definition) is 1. The molecule has 28 heavy (non-hydrogen) atoms. The molecule has 0 fully saturated rings. The summed E-state index contributed by atoms with van der Waals surface area (Å²) in [4.78, 5) is 19.1. The Morgan fingerprint density at radius 2 is 1.93 bits per heavy atom. The maximum Gasteiger partial charge on any atom is 0.324 e. The first-order chi connectivity index (χ1) is 13.7. The van der Waals surface area contributed by atoms with Crippen LogP contribution in [-0.2, 0) is 6.42 Å². The molecule has 1 aliphatic rings. The molecule has 2 heterocycles. The number of nitrogens with one attached hydrogen (secondary N) is 1. The summed E-state index contributed by atoms with van der Waals surface area (Å²) in [6, 6.07) is 13.6. The number of hydrogen-bond acceptors (Lipinski definition) is 5. The second kappa shape index (κ2) is 7.90. The molecule has 144 valence electrons. The maximum absolute atomic E-state index is 13.1. The number of thiazole rings is 1. The molecule has 0 radical (unpaired) electrons. The normalized spacial score (nSPS) is 15.6. The summed E-state index contributed by atoms with van der Waals surface area (Å²) in [6.45, 7) is 0.596. The van der Waals surface area contributed by atoms with Gasteiger partial charge < -0.3 is 14.4 Å². The average Bonchev–Trinajstić information content (AvgIpc) is 3.25. The molecular weight excluding hydrogens is 374 g/mol. The van der Waals surface area contributed by atoms with Crippen molar-refractivity contribution in [3.8, 4) is 11.5 Å². The largest absolute Gasteiger partial charge is 0.493 e. The fraction of sp³-hybridized carbons (Fsp3) is 0.238. The zero-order chi connectivity index (χ0) is 19.5. The summed E-state index contributed by atoms with van der Waals surface area (Å²) in [5, 5.41) is 5.34. The van der Waals surface area contributed by atoms with Crippen LogP contribution in [0.5, 0.6) is 11.5 Å². The van der Waals surface area contributed by atoms with Crippen LogP contribution >= 0.6 is 11.3 Å². The average molecular weight is 395 g/mol. The van der Waals surface area contributed by atoms with Gasteiger partial charge in [0.1, 0.15) is 0 Å². The molecule has 3 aromatic rings. The van der Waals surface area contributed by atoms with Gasteiger partial charge in [-0.25, -0.2) is 9.78 Å². The van der Waals surface area contributed by atoms with Crippen LogP contribution in [0.15, 0.2) is 54.0 Å². The number of fused-ring (bicyclic) bond motifs is 1. The van der Waals surface area contributed by atoms with Gasteiger partial charge in [-0.15, -0.1) is 11.3 Å². The SMILES string of the molecule is COc1cc2c(cc1OC)[C@@H](c1ccccc1)N(C(=O)Nc1nccs1)CC2. The van der Waals surface area contributed by atoms with E-state index in [0.717, 1.165) is 23.1 Å². The molecule has 2 amide bonds. The Balaban J connectivity index is 1.77. The summed E-state index contributed by atoms with van der Waals surface area (Å²) in [6.07, 6.45) is 2.42. The van der Waals surface area contributed by atoms with Crippen LogP contribution in [0.4, 0.5) is 9.93 Å². The summed E-state index contributed by atoms with van der Waals surface area (Å²) < 4.78 is 11.0. The molecule has 6 nitrogen and oxygen atoms in total. The second-order valence-corrected chi connectivity index (χ2v) is 7.32. The molecule has 1 aliphatic heterocycles. The number of amides is 2. The zero-order valence-electron chi connectivity index (χ0n) is 15.7. The highest BCUT2D eigenvalue weighted by atomic mass is 32.1. The van der Waals surface area contributed by atoms with Crippen LogP contribution in [0.25, 0.3) is 0 Å². The molecule has 0 spiro atoms. The van der Waals surface area contributed by atoms with Crippen molar-refractivity contribution in [3.05, 3.63) is 70.7 Å². The van der Waals surface area contributed by atoms with Gasteiger partial charge in [0.25, 0.3) is 0 Å². The first-order valence-electron chi connectivity index (χ1n) is 8.98. The zero-order valence-corrected chi connectivity index (χ0v) is 16.5. The summed E-state index contributed by atoms with van der Waals surface area (Å²) in [5.74, 6) is 1.36. The van der Waals surface area contributed by atoms with Gasteiger partial charge in [0, 0.05) is 18.1 Å². The van der Waals surface area contributed by atoms with Gasteiger partial charge in [-0.05, 0) is 35.2 Å². The molecule has 0 aliphatic carbocycles. The van der Waals surface area contributed by atoms with Crippen molar-refractivity contribution in [3.63, 3.8) is 0 Å². The minimum absolute atomic E-state index is 0.163. The first-order valence-corrected chi connectivity index (χ1v) is 9.86. The van der Waals surface area contributed by atoms with Crippen molar-refractivity contribution in [1.82, 2.24) is 9.88 Å². The second-order valence-electron chi connectivity index (χ2n) is 6.43. The van der Waals surface area contributed by atoms with Crippen LogP contribution in [0.3, 0.4) is 0 Å². The molecule has 0 saturated carbocycles. The number of nitrogens with zero attached hydrogens (tertiary/aromatic N) is 2. The van der Waals surface area contributed by atoms with Crippen molar-refractivity contribution in [1.29, 1.82) is 0 Å². The highest BCUT2D eigenvalue weighted by Crippen LogP contribution is 2.41. The Morgan fingerprint density at radius 1 is 1.18 bits per heavy atom. The predicted molar refractivity (Wildman–Crippen MR) is 109 cm³/mol. The quantitative estimate of drug-likeness (QED) is 0.714. The molecule has 1 atom stereocenters. The minimum atomic E-state index is -0.218. The molecule has 7 heteroatoms. The summed E-state index contributed by atoms with van der Waals surface area (Å²) >= 11 is 1.40. The number of rotatable bonds is 4. The molecule has 0 saturated heterocycles. The highest BCUT2D eigenvalue weighted by Gasteiger charge is 2.33. The molecule has 0 bridgehead atoms. The van der Waals surface area contributed by atoms with Gasteiger partial charge >= 0.3 is 6.03 Å². The number of carbonyl (C=O) groups is 1. The van der Waals surface area contributed by atoms with Gasteiger partial charge in [0.05, 0.1) is 20.3 Å². The number of methoxy groups -OCH3 is 2. The van der Waals surface area contributed by atoms with Crippen LogP contribution < -0.4 is 14.8 Å². The van der Waals surface area contributed by atoms with Gasteiger partial charge in [0.2, 0.25) is 0 Å². The number of anilines is 1. The predicted octanol–water partition coefficient (Wildman–Crippen LogP) is 4.34. The van der Waals surface area contributed by atoms with E-state index >= 15 is 0 Å². The lowest BCUT2D eigenvalue weighted by atomic mass is 9.88. The van der Waals surface area contributed by atoms with Crippen LogP contribution in [0, 0.1) is 0 Å². The Bertz CT molecular complexity index is 961. The number of carbonyl (C=O) groups excluding carboxylic acids is 1. The molecule has 2 aromatic carbocycles. The number of benzene rings is 2. The Hall–Kier alpha value is -3.06. The molecular formula is C21H21N3O3S. The van der Waals surface area contributed by atoms with Crippen LogP contribution in [0.2, 0.25) is 0 Å². The van der Waals surface area contributed by atoms with Crippen LogP contribution in [-0.4, -0.2) is 36.7 Å². The topological polar surface area (TPSA) is 63.7 Å². The number of aromatic nitrogens is 1. The van der Waals surface area contributed by atoms with Gasteiger partial charge in [-0.3, -0.25) is 5.32 Å². The van der Waals surface area contributed by atoms with Gasteiger partial charge in [-0.2, -0.15) is 0 Å². The number of ether oxygens (including phenoxy) is 2. The summed E-state index contributed by atoms with van der Waals surface area (Å²) in [7, 11) is 3.26. The third-order valence-electron chi connectivity index (χ3n) is 4.90. The lowest BCUT2D eigenvalue weighted by Crippen LogP contribution is -2.43. The smallest absolute Gasteiger partial charge is 0.324 e. The Morgan fingerprint density at radius 3 is 2.61 bits per heavy atom. The first kappa shape index (κ1) is 18.3. The lowest BCUT2D eigenvalue weighted by Gasteiger charge is -2.38. The summed E-state index contributed by atoms with van der Waals surface area (Å²) in [5.41, 5.74) is 3.25. The standard InChI is InChI=1S/C21H21N3O3S/c1-26-17-12-15-8-10-24(21(25)23-20-22-9-11-28-20)19(14-6-4-3-5-7-14)16(15)13-18(17)27-2/h3-7,9,11-13,19H,8,10H2,1-2H3,(H,22,23,25)/t19-/m1/s1. The van der Waals surface area contributed by atoms with Crippen molar-refractivity contribution < 1.29 is 14.3 Å². The highest BCUT2D eigenvalue weighted by molar-refractivity contribution is 7.13. The van der Waals surface area contributed by atoms with E-state index in [2.05, 4.69) is 10.3 Å². The van der Waals surface area contributed by atoms with Gasteiger partial charge in [0.15, 0.2) is 16.6 Å². The van der Waals surface area contributed by atoms with Crippen molar-refractivity contribution in [2.75, 3.05) is 26.1 Å². The number of urea groups is 1. The van der Waals surface area contributed by atoms with E-state index in [1.165, 1.54) is 11.3 Å². The van der Waals surface area contributed by atoms with E-state index in [4.69, 9.17) is 9.47 Å². The van der Waals surface area contributed by atoms with Crippen LogP contribution in [0.1, 0.15) is 22.7 Å². The Kier molecular flexibility index (Phi) is 5.16. The molecule has 4 rings (SSSR count). The van der Waals surface area contributed by atoms with E-state index in [1.54, 1.807) is 20.4 Å². The molecule has 0 unspecified atom stereocenters. The van der Waals surface area contributed by atoms with E-state index in [0.29, 0.717) is 23.2 Å². The third kappa shape index (κ3) is 3.41. The van der Waals surface area contributed by atoms with E-state index in [9.17, 15) is 4.79 Å². The molecule has 1 N–H and O–H groups in total. The third-order valence-corrected chi connectivity index (χ3v) is 5.58. The minimum Gasteiger partial charge on any atom is -0.493 e. The lowest BCUT2D eigenvalue weighted by molar-refractivity contribution is 0.193. The fourth-order valence-corrected chi connectivity index (χ4v) is 4.13. The fourth-order valence-electron chi connectivity index (χ4n) is 3.61. The van der Waals surface area contributed by atoms with Crippen molar-refractivity contribution >= 4 is 22.5 Å². The van der Waals surface area contributed by atoms with E-state index in [-0.39, 0.29) is 12.1 Å². The monoisotopic (exact) mass is 395 g/mol. The van der Waals surface area contributed by atoms with E-state index in [1.807, 2.05) is 52.7 Å².